The van der Waals surface area contributed by atoms with Crippen LogP contribution in [0.15, 0.2) is 11.0 Å². The van der Waals surface area contributed by atoms with E-state index in [0.717, 1.165) is 6.20 Å². The average Bonchev–Trinajstić information content (AvgIpc) is 3.51. The SMILES string of the molecule is CC(C)N1CCN(c2c(F)c(F)c3c(=O)c(C(=O)O)cn(C4CC4)c3c2F)CC1. The first-order valence-corrected chi connectivity index (χ1v) is 9.70. The number of nitrogens with zero attached hydrogens (tertiary/aromatic N) is 3. The number of carboxylic acids is 1. The van der Waals surface area contributed by atoms with E-state index in [9.17, 15) is 23.5 Å². The number of hydrogen-bond donors (Lipinski definition) is 1. The zero-order valence-electron chi connectivity index (χ0n) is 16.2. The number of piperazine rings is 1. The number of carboxylic acid groups (broad SMARTS) is 1. The minimum absolute atomic E-state index is 0.235. The van der Waals surface area contributed by atoms with Crippen molar-refractivity contribution in [3.05, 3.63) is 39.4 Å². The smallest absolute Gasteiger partial charge is 0.341 e. The van der Waals surface area contributed by atoms with Crippen molar-refractivity contribution in [2.45, 2.75) is 38.8 Å². The Morgan fingerprint density at radius 2 is 1.69 bits per heavy atom. The predicted molar refractivity (Wildman–Crippen MR) is 102 cm³/mol. The molecule has 1 aromatic carbocycles. The van der Waals surface area contributed by atoms with Gasteiger partial charge in [0.25, 0.3) is 0 Å². The normalized spacial score (nSPS) is 18.1. The minimum Gasteiger partial charge on any atom is -0.477 e. The van der Waals surface area contributed by atoms with Crippen LogP contribution >= 0.6 is 0 Å². The van der Waals surface area contributed by atoms with Gasteiger partial charge >= 0.3 is 5.97 Å². The van der Waals surface area contributed by atoms with Gasteiger partial charge in [-0.2, -0.15) is 0 Å². The molecule has 0 bridgehead atoms. The summed E-state index contributed by atoms with van der Waals surface area (Å²) in [6, 6.07) is 0.0517. The first kappa shape index (κ1) is 19.8. The van der Waals surface area contributed by atoms with Crippen molar-refractivity contribution in [1.82, 2.24) is 9.47 Å². The fourth-order valence-electron chi connectivity index (χ4n) is 4.02. The molecule has 2 aromatic rings. The van der Waals surface area contributed by atoms with Crippen molar-refractivity contribution in [2.75, 3.05) is 31.1 Å². The number of halogens is 3. The summed E-state index contributed by atoms with van der Waals surface area (Å²) in [7, 11) is 0. The summed E-state index contributed by atoms with van der Waals surface area (Å²) in [5, 5.41) is 8.44. The lowest BCUT2D eigenvalue weighted by Crippen LogP contribution is -2.49. The van der Waals surface area contributed by atoms with E-state index in [1.165, 1.54) is 9.47 Å². The molecular weight excluding hydrogens is 387 g/mol. The fraction of sp³-hybridized carbons (Fsp3) is 0.500. The number of anilines is 1. The Morgan fingerprint density at radius 3 is 2.21 bits per heavy atom. The summed E-state index contributed by atoms with van der Waals surface area (Å²) in [5.41, 5.74) is -2.76. The van der Waals surface area contributed by atoms with Crippen LogP contribution in [0.1, 0.15) is 43.1 Å². The van der Waals surface area contributed by atoms with Gasteiger partial charge in [-0.05, 0) is 26.7 Å². The summed E-state index contributed by atoms with van der Waals surface area (Å²) in [6.45, 7) is 5.84. The van der Waals surface area contributed by atoms with Gasteiger partial charge in [-0.25, -0.2) is 18.0 Å². The number of aromatic nitrogens is 1. The van der Waals surface area contributed by atoms with E-state index in [-0.39, 0.29) is 17.6 Å². The van der Waals surface area contributed by atoms with Gasteiger partial charge in [0.1, 0.15) is 11.3 Å². The summed E-state index contributed by atoms with van der Waals surface area (Å²) < 4.78 is 46.7. The third kappa shape index (κ3) is 3.17. The summed E-state index contributed by atoms with van der Waals surface area (Å²) in [5.74, 6) is -5.52. The highest BCUT2D eigenvalue weighted by atomic mass is 19.2. The van der Waals surface area contributed by atoms with E-state index in [1.807, 2.05) is 13.8 Å². The van der Waals surface area contributed by atoms with E-state index in [1.54, 1.807) is 0 Å². The largest absolute Gasteiger partial charge is 0.477 e. The molecule has 6 nitrogen and oxygen atoms in total. The molecule has 0 atom stereocenters. The molecular formula is C20H22F3N3O3. The zero-order valence-corrected chi connectivity index (χ0v) is 16.2. The second-order valence-electron chi connectivity index (χ2n) is 7.95. The molecule has 1 aliphatic carbocycles. The first-order valence-electron chi connectivity index (χ1n) is 9.70. The highest BCUT2D eigenvalue weighted by Gasteiger charge is 2.34. The second kappa shape index (κ2) is 7.05. The van der Waals surface area contributed by atoms with E-state index in [0.29, 0.717) is 39.0 Å². The molecule has 0 amide bonds. The molecule has 1 saturated carbocycles. The standard InChI is InChI=1S/C20H22F3N3O3/c1-10(2)24-5-7-25(8-6-24)18-15(22)14(21)13-17(16(18)23)26(11-3-4-11)9-12(19(13)27)20(28)29/h9-11H,3-8H2,1-2H3,(H,28,29). The van der Waals surface area contributed by atoms with Crippen LogP contribution in [-0.4, -0.2) is 52.8 Å². The molecule has 1 aromatic heterocycles. The lowest BCUT2D eigenvalue weighted by Gasteiger charge is -2.38. The van der Waals surface area contributed by atoms with Gasteiger partial charge in [-0.3, -0.25) is 9.69 Å². The van der Waals surface area contributed by atoms with Gasteiger partial charge in [0, 0.05) is 44.5 Å². The number of fused-ring (bicyclic) bond motifs is 1. The monoisotopic (exact) mass is 409 g/mol. The highest BCUT2D eigenvalue weighted by molar-refractivity contribution is 5.94. The average molecular weight is 409 g/mol. The van der Waals surface area contributed by atoms with Crippen molar-refractivity contribution in [3.8, 4) is 0 Å². The van der Waals surface area contributed by atoms with E-state index in [2.05, 4.69) is 4.90 Å². The first-order chi connectivity index (χ1) is 13.7. The highest BCUT2D eigenvalue weighted by Crippen LogP contribution is 2.40. The van der Waals surface area contributed by atoms with Gasteiger partial charge in [0.05, 0.1) is 10.9 Å². The molecule has 29 heavy (non-hydrogen) atoms. The van der Waals surface area contributed by atoms with Crippen molar-refractivity contribution >= 4 is 22.6 Å². The van der Waals surface area contributed by atoms with Crippen LogP contribution in [0.2, 0.25) is 0 Å². The van der Waals surface area contributed by atoms with E-state index in [4.69, 9.17) is 0 Å². The summed E-state index contributed by atoms with van der Waals surface area (Å²) in [6.07, 6.45) is 2.35. The molecule has 0 unspecified atom stereocenters. The van der Waals surface area contributed by atoms with Crippen LogP contribution in [0.5, 0.6) is 0 Å². The Labute approximate surface area is 165 Å². The molecule has 0 radical (unpaired) electrons. The van der Waals surface area contributed by atoms with Gasteiger partial charge < -0.3 is 14.6 Å². The molecule has 4 rings (SSSR count). The topological polar surface area (TPSA) is 65.8 Å². The lowest BCUT2D eigenvalue weighted by molar-refractivity contribution is 0.0694. The molecule has 2 aliphatic rings. The number of carbonyl (C=O) groups is 1. The maximum absolute atomic E-state index is 15.5. The molecule has 2 heterocycles. The summed E-state index contributed by atoms with van der Waals surface area (Å²) in [4.78, 5) is 27.5. The number of pyridine rings is 1. The third-order valence-electron chi connectivity index (χ3n) is 5.80. The van der Waals surface area contributed by atoms with Crippen LogP contribution in [0.4, 0.5) is 18.9 Å². The molecule has 1 saturated heterocycles. The van der Waals surface area contributed by atoms with Gasteiger partial charge in [0.2, 0.25) is 5.43 Å². The van der Waals surface area contributed by atoms with Crippen molar-refractivity contribution in [2.24, 2.45) is 0 Å². The second-order valence-corrected chi connectivity index (χ2v) is 7.95. The van der Waals surface area contributed by atoms with Crippen molar-refractivity contribution < 1.29 is 23.1 Å². The maximum atomic E-state index is 15.5. The van der Waals surface area contributed by atoms with Crippen LogP contribution in [0, 0.1) is 17.5 Å². The van der Waals surface area contributed by atoms with Crippen molar-refractivity contribution in [3.63, 3.8) is 0 Å². The molecule has 1 aliphatic heterocycles. The zero-order chi connectivity index (χ0) is 21.0. The van der Waals surface area contributed by atoms with Crippen LogP contribution in [0.3, 0.4) is 0 Å². The summed E-state index contributed by atoms with van der Waals surface area (Å²) >= 11 is 0. The number of aromatic carboxylic acids is 1. The predicted octanol–water partition coefficient (Wildman–Crippen LogP) is 2.98. The molecule has 1 N–H and O–H groups in total. The molecule has 0 spiro atoms. The van der Waals surface area contributed by atoms with Crippen LogP contribution in [-0.2, 0) is 0 Å². The molecule has 9 heteroatoms. The van der Waals surface area contributed by atoms with Crippen LogP contribution < -0.4 is 10.3 Å². The number of rotatable bonds is 4. The minimum atomic E-state index is -1.56. The molecule has 2 fully saturated rings. The van der Waals surface area contributed by atoms with Gasteiger partial charge in [-0.15, -0.1) is 0 Å². The van der Waals surface area contributed by atoms with Gasteiger partial charge in [-0.1, -0.05) is 0 Å². The molecule has 156 valence electrons. The maximum Gasteiger partial charge on any atom is 0.341 e. The Bertz CT molecular complexity index is 1050. The Morgan fingerprint density at radius 1 is 1.07 bits per heavy atom. The Balaban J connectivity index is 1.93. The van der Waals surface area contributed by atoms with Crippen molar-refractivity contribution in [1.29, 1.82) is 0 Å². The Kier molecular flexibility index (Phi) is 4.80. The van der Waals surface area contributed by atoms with Gasteiger partial charge in [0.15, 0.2) is 17.5 Å². The van der Waals surface area contributed by atoms with Crippen LogP contribution in [0.25, 0.3) is 10.9 Å². The lowest BCUT2D eigenvalue weighted by atomic mass is 10.1. The Hall–Kier alpha value is -2.55. The number of hydrogen-bond acceptors (Lipinski definition) is 4. The fourth-order valence-corrected chi connectivity index (χ4v) is 4.02. The quantitative estimate of drug-likeness (QED) is 0.787. The van der Waals surface area contributed by atoms with E-state index < -0.39 is 45.5 Å². The van der Waals surface area contributed by atoms with E-state index >= 15 is 4.39 Å². The number of benzene rings is 1. The third-order valence-corrected chi connectivity index (χ3v) is 5.80.